The zero-order valence-electron chi connectivity index (χ0n) is 15.3. The Kier molecular flexibility index (Phi) is 6.69. The predicted octanol–water partition coefficient (Wildman–Crippen LogP) is 4.00. The van der Waals surface area contributed by atoms with Crippen LogP contribution in [0.3, 0.4) is 0 Å². The summed E-state index contributed by atoms with van der Waals surface area (Å²) in [6, 6.07) is 9.20. The van der Waals surface area contributed by atoms with Crippen molar-refractivity contribution in [2.24, 2.45) is 0 Å². The number of hydrogen-bond donors (Lipinski definition) is 1. The molecule has 2 aromatic rings. The first-order valence-electron chi connectivity index (χ1n) is 8.84. The van der Waals surface area contributed by atoms with E-state index in [0.717, 1.165) is 5.76 Å². The number of amides is 1. The maximum absolute atomic E-state index is 12.8. The molecule has 1 saturated heterocycles. The molecule has 28 heavy (non-hydrogen) atoms. The van der Waals surface area contributed by atoms with E-state index in [2.05, 4.69) is 10.2 Å². The van der Waals surface area contributed by atoms with E-state index in [0.29, 0.717) is 32.1 Å². The van der Waals surface area contributed by atoms with E-state index in [4.69, 9.17) is 9.15 Å². The highest BCUT2D eigenvalue weighted by Crippen LogP contribution is 2.38. The number of alkyl halides is 3. The maximum Gasteiger partial charge on any atom is 0.446 e. The third-order valence-corrected chi connectivity index (χ3v) is 5.20. The SMILES string of the molecule is Cc1ccc(C(CNC(=O)c2ccccc2SC(F)(F)F)N2CCOCC2)o1. The molecule has 1 unspecified atom stereocenters. The van der Waals surface area contributed by atoms with Crippen LogP contribution in [0.15, 0.2) is 45.7 Å². The minimum Gasteiger partial charge on any atom is -0.465 e. The average molecular weight is 414 g/mol. The van der Waals surface area contributed by atoms with E-state index in [-0.39, 0.29) is 34.8 Å². The first-order valence-corrected chi connectivity index (χ1v) is 9.66. The minimum absolute atomic E-state index is 0.00109. The predicted molar refractivity (Wildman–Crippen MR) is 99.3 cm³/mol. The molecule has 3 rings (SSSR count). The summed E-state index contributed by atoms with van der Waals surface area (Å²) in [5.41, 5.74) is -4.46. The van der Waals surface area contributed by atoms with Gasteiger partial charge in [0.25, 0.3) is 5.91 Å². The average Bonchev–Trinajstić information content (AvgIpc) is 3.08. The number of ether oxygens (including phenoxy) is 1. The maximum atomic E-state index is 12.8. The second kappa shape index (κ2) is 9.02. The third kappa shape index (κ3) is 5.52. The molecular formula is C19H21F3N2O3S. The van der Waals surface area contributed by atoms with Gasteiger partial charge in [-0.2, -0.15) is 13.2 Å². The molecule has 9 heteroatoms. The number of furan rings is 1. The number of rotatable bonds is 6. The van der Waals surface area contributed by atoms with Crippen molar-refractivity contribution >= 4 is 17.7 Å². The summed E-state index contributed by atoms with van der Waals surface area (Å²) in [5, 5.41) is 2.77. The van der Waals surface area contributed by atoms with Crippen molar-refractivity contribution < 1.29 is 27.1 Å². The van der Waals surface area contributed by atoms with Gasteiger partial charge in [0.05, 0.1) is 24.8 Å². The molecule has 152 valence electrons. The Labute approximate surface area is 165 Å². The summed E-state index contributed by atoms with van der Waals surface area (Å²) in [6.45, 7) is 4.58. The highest BCUT2D eigenvalue weighted by molar-refractivity contribution is 8.00. The van der Waals surface area contributed by atoms with Gasteiger partial charge in [-0.3, -0.25) is 9.69 Å². The van der Waals surface area contributed by atoms with Crippen LogP contribution in [0.25, 0.3) is 0 Å². The van der Waals surface area contributed by atoms with E-state index in [1.807, 2.05) is 19.1 Å². The number of thioether (sulfide) groups is 1. The standard InChI is InChI=1S/C19H21F3N2O3S/c1-13-6-7-16(27-13)15(24-8-10-26-11-9-24)12-23-18(25)14-4-2-3-5-17(14)28-19(20,21)22/h2-7,15H,8-12H2,1H3,(H,23,25). The summed E-state index contributed by atoms with van der Waals surface area (Å²) in [6.07, 6.45) is 0. The lowest BCUT2D eigenvalue weighted by Crippen LogP contribution is -2.43. The van der Waals surface area contributed by atoms with Crippen LogP contribution in [-0.4, -0.2) is 49.2 Å². The second-order valence-corrected chi connectivity index (χ2v) is 7.47. The molecule has 2 heterocycles. The second-order valence-electron chi connectivity index (χ2n) is 6.37. The largest absolute Gasteiger partial charge is 0.465 e. The van der Waals surface area contributed by atoms with E-state index < -0.39 is 11.4 Å². The molecule has 1 aromatic carbocycles. The highest BCUT2D eigenvalue weighted by Gasteiger charge is 2.32. The Morgan fingerprint density at radius 2 is 1.93 bits per heavy atom. The zero-order valence-corrected chi connectivity index (χ0v) is 16.1. The van der Waals surface area contributed by atoms with Crippen molar-refractivity contribution in [1.82, 2.24) is 10.2 Å². The molecule has 0 saturated carbocycles. The molecule has 0 bridgehead atoms. The molecule has 0 radical (unpaired) electrons. The monoisotopic (exact) mass is 414 g/mol. The number of aryl methyl sites for hydroxylation is 1. The van der Waals surface area contributed by atoms with E-state index in [9.17, 15) is 18.0 Å². The third-order valence-electron chi connectivity index (χ3n) is 4.39. The van der Waals surface area contributed by atoms with Gasteiger partial charge in [0.1, 0.15) is 11.5 Å². The molecule has 1 N–H and O–H groups in total. The molecule has 5 nitrogen and oxygen atoms in total. The number of nitrogens with one attached hydrogen (secondary N) is 1. The molecule has 1 aromatic heterocycles. The van der Waals surface area contributed by atoms with Gasteiger partial charge in [-0.25, -0.2) is 0 Å². The van der Waals surface area contributed by atoms with Crippen LogP contribution < -0.4 is 5.32 Å². The number of morpholine rings is 1. The number of benzene rings is 1. The van der Waals surface area contributed by atoms with Gasteiger partial charge in [-0.15, -0.1) is 0 Å². The molecule has 0 spiro atoms. The lowest BCUT2D eigenvalue weighted by atomic mass is 10.1. The normalized spacial score (nSPS) is 16.7. The lowest BCUT2D eigenvalue weighted by Gasteiger charge is -2.33. The smallest absolute Gasteiger partial charge is 0.446 e. The Hall–Kier alpha value is -1.97. The van der Waals surface area contributed by atoms with Crippen LogP contribution in [0.4, 0.5) is 13.2 Å². The van der Waals surface area contributed by atoms with Crippen molar-refractivity contribution in [3.63, 3.8) is 0 Å². The lowest BCUT2D eigenvalue weighted by molar-refractivity contribution is -0.0328. The van der Waals surface area contributed by atoms with Crippen LogP contribution >= 0.6 is 11.8 Å². The minimum atomic E-state index is -4.46. The Morgan fingerprint density at radius 1 is 1.21 bits per heavy atom. The van der Waals surface area contributed by atoms with Crippen molar-refractivity contribution in [1.29, 1.82) is 0 Å². The van der Waals surface area contributed by atoms with Crippen LogP contribution in [0.5, 0.6) is 0 Å². The first kappa shape index (κ1) is 20.8. The van der Waals surface area contributed by atoms with Crippen molar-refractivity contribution in [2.45, 2.75) is 23.4 Å². The summed E-state index contributed by atoms with van der Waals surface area (Å²) in [5.74, 6) is 0.915. The molecule has 1 aliphatic rings. The van der Waals surface area contributed by atoms with Gasteiger partial charge in [0, 0.05) is 24.5 Å². The Morgan fingerprint density at radius 3 is 2.57 bits per heavy atom. The van der Waals surface area contributed by atoms with Gasteiger partial charge in [-0.1, -0.05) is 12.1 Å². The van der Waals surface area contributed by atoms with Crippen molar-refractivity contribution in [2.75, 3.05) is 32.8 Å². The van der Waals surface area contributed by atoms with Crippen molar-refractivity contribution in [3.05, 3.63) is 53.5 Å². The summed E-state index contributed by atoms with van der Waals surface area (Å²) >= 11 is -0.289. The number of carbonyl (C=O) groups is 1. The van der Waals surface area contributed by atoms with Gasteiger partial charge < -0.3 is 14.5 Å². The van der Waals surface area contributed by atoms with Gasteiger partial charge in [0.15, 0.2) is 0 Å². The highest BCUT2D eigenvalue weighted by atomic mass is 32.2. The summed E-state index contributed by atoms with van der Waals surface area (Å²) in [4.78, 5) is 14.6. The fourth-order valence-electron chi connectivity index (χ4n) is 3.08. The molecule has 0 aliphatic carbocycles. The molecule has 1 amide bonds. The molecule has 1 atom stereocenters. The number of hydrogen-bond acceptors (Lipinski definition) is 5. The molecule has 1 fully saturated rings. The number of carbonyl (C=O) groups excluding carboxylic acids is 1. The van der Waals surface area contributed by atoms with Gasteiger partial charge in [-0.05, 0) is 43.0 Å². The van der Waals surface area contributed by atoms with Crippen LogP contribution in [0.1, 0.15) is 27.9 Å². The number of nitrogens with zero attached hydrogens (tertiary/aromatic N) is 1. The van der Waals surface area contributed by atoms with Gasteiger partial charge in [0.2, 0.25) is 0 Å². The number of halogens is 3. The van der Waals surface area contributed by atoms with E-state index in [1.165, 1.54) is 18.2 Å². The van der Waals surface area contributed by atoms with Crippen LogP contribution in [0, 0.1) is 6.92 Å². The van der Waals surface area contributed by atoms with Crippen LogP contribution in [-0.2, 0) is 4.74 Å². The summed E-state index contributed by atoms with van der Waals surface area (Å²) < 4.78 is 49.4. The Bertz CT molecular complexity index is 804. The topological polar surface area (TPSA) is 54.7 Å². The fraction of sp³-hybridized carbons (Fsp3) is 0.421. The van der Waals surface area contributed by atoms with Crippen LogP contribution in [0.2, 0.25) is 0 Å². The van der Waals surface area contributed by atoms with Gasteiger partial charge >= 0.3 is 5.51 Å². The first-order chi connectivity index (χ1) is 13.3. The zero-order chi connectivity index (χ0) is 20.1. The quantitative estimate of drug-likeness (QED) is 0.724. The Balaban J connectivity index is 1.73. The molecular weight excluding hydrogens is 393 g/mol. The van der Waals surface area contributed by atoms with E-state index in [1.54, 1.807) is 6.07 Å². The summed E-state index contributed by atoms with van der Waals surface area (Å²) in [7, 11) is 0. The van der Waals surface area contributed by atoms with Crippen molar-refractivity contribution in [3.8, 4) is 0 Å². The molecule has 1 aliphatic heterocycles. The van der Waals surface area contributed by atoms with E-state index >= 15 is 0 Å². The fourth-order valence-corrected chi connectivity index (χ4v) is 3.75.